The molecular weight excluding hydrogens is 268 g/mol. The minimum absolute atomic E-state index is 0.301. The highest BCUT2D eigenvalue weighted by Gasteiger charge is 2.08. The smallest absolute Gasteiger partial charge is 0.319 e. The van der Waals surface area contributed by atoms with Crippen LogP contribution < -0.4 is 20.1 Å². The SMILES string of the molecule is COc1ccc(OC)c(NC(=O)NCc2ccccc2)c1. The Balaban J connectivity index is 1.99. The van der Waals surface area contributed by atoms with Crippen LogP contribution in [0.3, 0.4) is 0 Å². The normalized spacial score (nSPS) is 9.81. The summed E-state index contributed by atoms with van der Waals surface area (Å²) in [7, 11) is 3.12. The molecule has 0 fully saturated rings. The molecule has 2 amide bonds. The van der Waals surface area contributed by atoms with Gasteiger partial charge in [0, 0.05) is 12.6 Å². The van der Waals surface area contributed by atoms with Crippen molar-refractivity contribution in [2.24, 2.45) is 0 Å². The first kappa shape index (κ1) is 14.7. The maximum atomic E-state index is 11.9. The van der Waals surface area contributed by atoms with Gasteiger partial charge < -0.3 is 20.1 Å². The van der Waals surface area contributed by atoms with Crippen molar-refractivity contribution < 1.29 is 14.3 Å². The molecule has 110 valence electrons. The lowest BCUT2D eigenvalue weighted by Crippen LogP contribution is -2.28. The number of nitrogens with one attached hydrogen (secondary N) is 2. The molecule has 0 saturated carbocycles. The number of urea groups is 1. The molecule has 0 aliphatic heterocycles. The van der Waals surface area contributed by atoms with Crippen LogP contribution in [0, 0.1) is 0 Å². The highest BCUT2D eigenvalue weighted by atomic mass is 16.5. The van der Waals surface area contributed by atoms with Crippen LogP contribution in [0.4, 0.5) is 10.5 Å². The number of methoxy groups -OCH3 is 2. The molecule has 0 unspecified atom stereocenters. The Morgan fingerprint density at radius 1 is 1.05 bits per heavy atom. The van der Waals surface area contributed by atoms with Crippen LogP contribution in [0.1, 0.15) is 5.56 Å². The maximum Gasteiger partial charge on any atom is 0.319 e. The average Bonchev–Trinajstić information content (AvgIpc) is 2.54. The van der Waals surface area contributed by atoms with E-state index < -0.39 is 0 Å². The summed E-state index contributed by atoms with van der Waals surface area (Å²) in [6, 6.07) is 14.6. The fourth-order valence-corrected chi connectivity index (χ4v) is 1.86. The molecule has 2 aromatic carbocycles. The fraction of sp³-hybridized carbons (Fsp3) is 0.188. The van der Waals surface area contributed by atoms with E-state index >= 15 is 0 Å². The number of benzene rings is 2. The molecule has 0 heterocycles. The van der Waals surface area contributed by atoms with Gasteiger partial charge in [-0.05, 0) is 17.7 Å². The highest BCUT2D eigenvalue weighted by molar-refractivity contribution is 5.91. The van der Waals surface area contributed by atoms with E-state index in [9.17, 15) is 4.79 Å². The van der Waals surface area contributed by atoms with Gasteiger partial charge in [0.2, 0.25) is 0 Å². The van der Waals surface area contributed by atoms with E-state index in [4.69, 9.17) is 9.47 Å². The fourth-order valence-electron chi connectivity index (χ4n) is 1.86. The molecule has 0 radical (unpaired) electrons. The first-order chi connectivity index (χ1) is 10.2. The Labute approximate surface area is 123 Å². The Morgan fingerprint density at radius 2 is 1.81 bits per heavy atom. The zero-order chi connectivity index (χ0) is 15.1. The van der Waals surface area contributed by atoms with Crippen LogP contribution in [0.25, 0.3) is 0 Å². The number of ether oxygens (including phenoxy) is 2. The summed E-state index contributed by atoms with van der Waals surface area (Å²) in [6.07, 6.45) is 0. The molecule has 0 aliphatic carbocycles. The summed E-state index contributed by atoms with van der Waals surface area (Å²) in [5.74, 6) is 1.22. The summed E-state index contributed by atoms with van der Waals surface area (Å²) < 4.78 is 10.3. The number of rotatable bonds is 5. The van der Waals surface area contributed by atoms with Gasteiger partial charge in [-0.25, -0.2) is 4.79 Å². The van der Waals surface area contributed by atoms with Gasteiger partial charge in [-0.15, -0.1) is 0 Å². The molecule has 5 heteroatoms. The van der Waals surface area contributed by atoms with Crippen LogP contribution in [0.2, 0.25) is 0 Å². The van der Waals surface area contributed by atoms with Crippen LogP contribution in [-0.4, -0.2) is 20.3 Å². The number of anilines is 1. The molecule has 0 saturated heterocycles. The largest absolute Gasteiger partial charge is 0.497 e. The summed E-state index contributed by atoms with van der Waals surface area (Å²) in [4.78, 5) is 11.9. The zero-order valence-electron chi connectivity index (χ0n) is 12.1. The third-order valence-corrected chi connectivity index (χ3v) is 2.95. The van der Waals surface area contributed by atoms with Crippen molar-refractivity contribution in [3.63, 3.8) is 0 Å². The van der Waals surface area contributed by atoms with Crippen molar-refractivity contribution in [2.75, 3.05) is 19.5 Å². The number of hydrogen-bond donors (Lipinski definition) is 2. The number of hydrogen-bond acceptors (Lipinski definition) is 3. The minimum Gasteiger partial charge on any atom is -0.497 e. The quantitative estimate of drug-likeness (QED) is 0.888. The maximum absolute atomic E-state index is 11.9. The minimum atomic E-state index is -0.301. The van der Waals surface area contributed by atoms with Crippen molar-refractivity contribution in [1.29, 1.82) is 0 Å². The second kappa shape index (κ2) is 7.19. The summed E-state index contributed by atoms with van der Waals surface area (Å²) in [5.41, 5.74) is 1.59. The zero-order valence-corrected chi connectivity index (χ0v) is 12.1. The summed E-state index contributed by atoms with van der Waals surface area (Å²) in [5, 5.41) is 5.54. The highest BCUT2D eigenvalue weighted by Crippen LogP contribution is 2.28. The van der Waals surface area contributed by atoms with Crippen LogP contribution in [0.15, 0.2) is 48.5 Å². The Kier molecular flexibility index (Phi) is 5.04. The predicted molar refractivity (Wildman–Crippen MR) is 81.8 cm³/mol. The molecule has 21 heavy (non-hydrogen) atoms. The summed E-state index contributed by atoms with van der Waals surface area (Å²) in [6.45, 7) is 0.457. The molecule has 0 aromatic heterocycles. The molecule has 0 spiro atoms. The monoisotopic (exact) mass is 286 g/mol. The standard InChI is InChI=1S/C16H18N2O3/c1-20-13-8-9-15(21-2)14(10-13)18-16(19)17-11-12-6-4-3-5-7-12/h3-10H,11H2,1-2H3,(H2,17,18,19). The van der Waals surface area contributed by atoms with Crippen molar-refractivity contribution in [1.82, 2.24) is 5.32 Å². The average molecular weight is 286 g/mol. The van der Waals surface area contributed by atoms with Gasteiger partial charge in [0.15, 0.2) is 0 Å². The topological polar surface area (TPSA) is 59.6 Å². The molecule has 5 nitrogen and oxygen atoms in total. The second-order valence-corrected chi connectivity index (χ2v) is 4.36. The Bertz CT molecular complexity index is 600. The third kappa shape index (κ3) is 4.14. The van der Waals surface area contributed by atoms with Gasteiger partial charge in [-0.3, -0.25) is 0 Å². The Morgan fingerprint density at radius 3 is 2.48 bits per heavy atom. The number of carbonyl (C=O) groups excluding carboxylic acids is 1. The van der Waals surface area contributed by atoms with Crippen molar-refractivity contribution >= 4 is 11.7 Å². The van der Waals surface area contributed by atoms with E-state index in [0.717, 1.165) is 5.56 Å². The van der Waals surface area contributed by atoms with Gasteiger partial charge in [0.25, 0.3) is 0 Å². The van der Waals surface area contributed by atoms with Gasteiger partial charge in [0.1, 0.15) is 11.5 Å². The van der Waals surface area contributed by atoms with Crippen molar-refractivity contribution in [3.8, 4) is 11.5 Å². The van der Waals surface area contributed by atoms with Crippen LogP contribution in [-0.2, 0) is 6.54 Å². The van der Waals surface area contributed by atoms with E-state index in [2.05, 4.69) is 10.6 Å². The van der Waals surface area contributed by atoms with Gasteiger partial charge in [0.05, 0.1) is 19.9 Å². The Hall–Kier alpha value is -2.69. The van der Waals surface area contributed by atoms with Crippen LogP contribution >= 0.6 is 0 Å². The third-order valence-electron chi connectivity index (χ3n) is 2.95. The van der Waals surface area contributed by atoms with Gasteiger partial charge in [-0.2, -0.15) is 0 Å². The lowest BCUT2D eigenvalue weighted by atomic mass is 10.2. The van der Waals surface area contributed by atoms with E-state index in [1.165, 1.54) is 0 Å². The van der Waals surface area contributed by atoms with Crippen LogP contribution in [0.5, 0.6) is 11.5 Å². The van der Waals surface area contributed by atoms with E-state index in [1.807, 2.05) is 30.3 Å². The van der Waals surface area contributed by atoms with Gasteiger partial charge in [-0.1, -0.05) is 30.3 Å². The molecule has 0 bridgehead atoms. The van der Waals surface area contributed by atoms with E-state index in [-0.39, 0.29) is 6.03 Å². The van der Waals surface area contributed by atoms with Crippen molar-refractivity contribution in [3.05, 3.63) is 54.1 Å². The molecule has 0 aliphatic rings. The molecule has 2 N–H and O–H groups in total. The lowest BCUT2D eigenvalue weighted by molar-refractivity contribution is 0.251. The first-order valence-electron chi connectivity index (χ1n) is 6.53. The van der Waals surface area contributed by atoms with Gasteiger partial charge >= 0.3 is 6.03 Å². The molecule has 2 aromatic rings. The molecular formula is C16H18N2O3. The number of amides is 2. The summed E-state index contributed by atoms with van der Waals surface area (Å²) >= 11 is 0. The lowest BCUT2D eigenvalue weighted by Gasteiger charge is -2.12. The second-order valence-electron chi connectivity index (χ2n) is 4.36. The molecule has 2 rings (SSSR count). The van der Waals surface area contributed by atoms with E-state index in [1.54, 1.807) is 32.4 Å². The first-order valence-corrected chi connectivity index (χ1v) is 6.53. The number of carbonyl (C=O) groups is 1. The van der Waals surface area contributed by atoms with Crippen molar-refractivity contribution in [2.45, 2.75) is 6.54 Å². The van der Waals surface area contributed by atoms with E-state index in [0.29, 0.717) is 23.7 Å². The molecule has 0 atom stereocenters. The predicted octanol–water partition coefficient (Wildman–Crippen LogP) is 3.03.